The maximum atomic E-state index is 12.0. The number of aryl methyl sites for hydroxylation is 1. The van der Waals surface area contributed by atoms with E-state index in [1.54, 1.807) is 16.2 Å². The van der Waals surface area contributed by atoms with E-state index >= 15 is 0 Å². The number of hydrogen-bond donors (Lipinski definition) is 0. The van der Waals surface area contributed by atoms with Crippen LogP contribution in [0.1, 0.15) is 37.6 Å². The van der Waals surface area contributed by atoms with Crippen molar-refractivity contribution < 1.29 is 9.53 Å². The van der Waals surface area contributed by atoms with Gasteiger partial charge in [0.2, 0.25) is 0 Å². The minimum absolute atomic E-state index is 0.215. The third kappa shape index (κ3) is 3.05. The molecule has 4 heteroatoms. The number of rotatable bonds is 1. The van der Waals surface area contributed by atoms with Crippen molar-refractivity contribution in [2.45, 2.75) is 51.7 Å². The van der Waals surface area contributed by atoms with Gasteiger partial charge in [0.05, 0.1) is 0 Å². The van der Waals surface area contributed by atoms with Crippen molar-refractivity contribution in [3.05, 3.63) is 21.9 Å². The minimum Gasteiger partial charge on any atom is -0.444 e. The summed E-state index contributed by atoms with van der Waals surface area (Å²) in [5, 5.41) is 2.14. The number of likely N-dealkylation sites (N-methyl/N-ethyl adjacent to an activating group) is 1. The summed E-state index contributed by atoms with van der Waals surface area (Å²) in [4.78, 5) is 15.2. The first-order chi connectivity index (χ1) is 8.37. The molecule has 1 aliphatic rings. The summed E-state index contributed by atoms with van der Waals surface area (Å²) in [6.45, 7) is 5.70. The Kier molecular flexibility index (Phi) is 3.66. The quantitative estimate of drug-likeness (QED) is 0.779. The summed E-state index contributed by atoms with van der Waals surface area (Å²) in [6, 6.07) is 2.47. The van der Waals surface area contributed by atoms with E-state index in [4.69, 9.17) is 4.74 Å². The molecule has 1 heterocycles. The second kappa shape index (κ2) is 4.92. The molecular weight excluding hydrogens is 246 g/mol. The van der Waals surface area contributed by atoms with Crippen LogP contribution in [0.25, 0.3) is 0 Å². The van der Waals surface area contributed by atoms with Gasteiger partial charge >= 0.3 is 6.09 Å². The van der Waals surface area contributed by atoms with Gasteiger partial charge in [0.25, 0.3) is 0 Å². The predicted octanol–water partition coefficient (Wildman–Crippen LogP) is 3.47. The first-order valence-electron chi connectivity index (χ1n) is 6.38. The van der Waals surface area contributed by atoms with Crippen LogP contribution in [0.15, 0.2) is 11.4 Å². The summed E-state index contributed by atoms with van der Waals surface area (Å²) < 4.78 is 5.41. The molecule has 0 saturated heterocycles. The molecule has 0 bridgehead atoms. The molecule has 1 atom stereocenters. The second-order valence-corrected chi connectivity index (χ2v) is 6.86. The largest absolute Gasteiger partial charge is 0.444 e. The molecule has 2 rings (SSSR count). The number of ether oxygens (including phenoxy) is 1. The lowest BCUT2D eigenvalue weighted by atomic mass is 9.94. The number of fused-ring (bicyclic) bond motifs is 1. The maximum Gasteiger partial charge on any atom is 0.410 e. The van der Waals surface area contributed by atoms with Gasteiger partial charge in [-0.1, -0.05) is 0 Å². The molecule has 3 nitrogen and oxygen atoms in total. The van der Waals surface area contributed by atoms with Gasteiger partial charge in [-0.05, 0) is 50.6 Å². The molecule has 1 aliphatic carbocycles. The zero-order valence-electron chi connectivity index (χ0n) is 11.5. The lowest BCUT2D eigenvalue weighted by molar-refractivity contribution is 0.0211. The topological polar surface area (TPSA) is 29.5 Å². The highest BCUT2D eigenvalue weighted by Crippen LogP contribution is 2.28. The number of thiophene rings is 1. The zero-order valence-corrected chi connectivity index (χ0v) is 12.3. The fourth-order valence-corrected chi connectivity index (χ4v) is 3.23. The van der Waals surface area contributed by atoms with Gasteiger partial charge in [-0.2, -0.15) is 0 Å². The third-order valence-electron chi connectivity index (χ3n) is 3.23. The molecule has 0 N–H and O–H groups in total. The van der Waals surface area contributed by atoms with Crippen LogP contribution in [0.4, 0.5) is 4.79 Å². The van der Waals surface area contributed by atoms with Crippen LogP contribution in [0, 0.1) is 0 Å². The highest BCUT2D eigenvalue weighted by atomic mass is 32.1. The van der Waals surface area contributed by atoms with Crippen molar-refractivity contribution in [1.29, 1.82) is 0 Å². The molecule has 1 aromatic rings. The van der Waals surface area contributed by atoms with Crippen molar-refractivity contribution in [3.63, 3.8) is 0 Å². The van der Waals surface area contributed by atoms with Gasteiger partial charge in [0.1, 0.15) is 5.60 Å². The van der Waals surface area contributed by atoms with E-state index in [0.29, 0.717) is 0 Å². The molecule has 1 amide bonds. The van der Waals surface area contributed by atoms with E-state index in [1.807, 2.05) is 27.8 Å². The molecule has 0 aromatic carbocycles. The van der Waals surface area contributed by atoms with Gasteiger partial charge in [0.15, 0.2) is 0 Å². The van der Waals surface area contributed by atoms with Crippen LogP contribution in [0.5, 0.6) is 0 Å². The second-order valence-electron chi connectivity index (χ2n) is 5.86. The first kappa shape index (κ1) is 13.4. The highest BCUT2D eigenvalue weighted by molar-refractivity contribution is 7.10. The highest BCUT2D eigenvalue weighted by Gasteiger charge is 2.28. The van der Waals surface area contributed by atoms with Crippen molar-refractivity contribution >= 4 is 17.4 Å². The summed E-state index contributed by atoms with van der Waals surface area (Å²) in [5.74, 6) is 0. The van der Waals surface area contributed by atoms with Gasteiger partial charge in [-0.25, -0.2) is 4.79 Å². The zero-order chi connectivity index (χ0) is 13.3. The molecule has 0 fully saturated rings. The van der Waals surface area contributed by atoms with Crippen molar-refractivity contribution in [1.82, 2.24) is 4.90 Å². The summed E-state index contributed by atoms with van der Waals surface area (Å²) in [7, 11) is 1.84. The van der Waals surface area contributed by atoms with E-state index < -0.39 is 5.60 Å². The Bertz CT molecular complexity index is 433. The molecule has 0 radical (unpaired) electrons. The Morgan fingerprint density at radius 2 is 2.22 bits per heavy atom. The van der Waals surface area contributed by atoms with Crippen LogP contribution >= 0.6 is 11.3 Å². The monoisotopic (exact) mass is 267 g/mol. The number of carbonyl (C=O) groups excluding carboxylic acids is 1. The average Bonchev–Trinajstić information content (AvgIpc) is 2.72. The summed E-state index contributed by atoms with van der Waals surface area (Å²) >= 11 is 1.79. The van der Waals surface area contributed by atoms with E-state index in [1.165, 1.54) is 10.4 Å². The third-order valence-corrected chi connectivity index (χ3v) is 4.22. The van der Waals surface area contributed by atoms with Crippen molar-refractivity contribution in [2.24, 2.45) is 0 Å². The SMILES string of the molecule is CN(C(=O)OC(C)(C)C)C1CCc2ccsc2C1. The molecule has 100 valence electrons. The Hall–Kier alpha value is -1.03. The van der Waals surface area contributed by atoms with Gasteiger partial charge in [0, 0.05) is 24.4 Å². The molecule has 1 aromatic heterocycles. The van der Waals surface area contributed by atoms with Crippen LogP contribution in [-0.2, 0) is 17.6 Å². The van der Waals surface area contributed by atoms with Crippen molar-refractivity contribution in [2.75, 3.05) is 7.05 Å². The molecular formula is C14H21NO2S. The number of hydrogen-bond acceptors (Lipinski definition) is 3. The lowest BCUT2D eigenvalue weighted by Gasteiger charge is -2.32. The van der Waals surface area contributed by atoms with Crippen LogP contribution in [-0.4, -0.2) is 29.7 Å². The molecule has 0 spiro atoms. The Balaban J connectivity index is 1.99. The summed E-state index contributed by atoms with van der Waals surface area (Å²) in [5.41, 5.74) is 1.03. The number of carbonyl (C=O) groups is 1. The van der Waals surface area contributed by atoms with E-state index in [0.717, 1.165) is 19.3 Å². The standard InChI is InChI=1S/C14H21NO2S/c1-14(2,3)17-13(16)15(4)11-6-5-10-7-8-18-12(10)9-11/h7-8,11H,5-6,9H2,1-4H3. The minimum atomic E-state index is -0.423. The summed E-state index contributed by atoms with van der Waals surface area (Å²) in [6.07, 6.45) is 2.84. The van der Waals surface area contributed by atoms with E-state index in [-0.39, 0.29) is 12.1 Å². The van der Waals surface area contributed by atoms with Gasteiger partial charge < -0.3 is 9.64 Å². The normalized spacial score (nSPS) is 19.2. The Morgan fingerprint density at radius 1 is 1.50 bits per heavy atom. The lowest BCUT2D eigenvalue weighted by Crippen LogP contribution is -2.43. The van der Waals surface area contributed by atoms with Crippen LogP contribution in [0.2, 0.25) is 0 Å². The van der Waals surface area contributed by atoms with E-state index in [2.05, 4.69) is 11.4 Å². The van der Waals surface area contributed by atoms with Crippen LogP contribution in [0.3, 0.4) is 0 Å². The maximum absolute atomic E-state index is 12.0. The number of nitrogens with zero attached hydrogens (tertiary/aromatic N) is 1. The predicted molar refractivity (Wildman–Crippen MR) is 74.1 cm³/mol. The molecule has 0 aliphatic heterocycles. The van der Waals surface area contributed by atoms with E-state index in [9.17, 15) is 4.79 Å². The first-order valence-corrected chi connectivity index (χ1v) is 7.26. The van der Waals surface area contributed by atoms with Crippen LogP contribution < -0.4 is 0 Å². The molecule has 18 heavy (non-hydrogen) atoms. The molecule has 1 unspecified atom stereocenters. The van der Waals surface area contributed by atoms with Crippen molar-refractivity contribution in [3.8, 4) is 0 Å². The fraction of sp³-hybridized carbons (Fsp3) is 0.643. The van der Waals surface area contributed by atoms with Gasteiger partial charge in [-0.15, -0.1) is 11.3 Å². The average molecular weight is 267 g/mol. The fourth-order valence-electron chi connectivity index (χ4n) is 2.22. The smallest absolute Gasteiger partial charge is 0.410 e. The molecule has 0 saturated carbocycles. The van der Waals surface area contributed by atoms with Gasteiger partial charge in [-0.3, -0.25) is 0 Å². The Morgan fingerprint density at radius 3 is 2.89 bits per heavy atom. The number of amides is 1. The Labute approximate surface area is 113 Å².